The molecule has 1 aromatic rings. The van der Waals surface area contributed by atoms with Crippen LogP contribution in [0.15, 0.2) is 12.4 Å². The summed E-state index contributed by atoms with van der Waals surface area (Å²) in [6.45, 7) is 9.20. The van der Waals surface area contributed by atoms with E-state index in [2.05, 4.69) is 38.5 Å². The molecule has 0 spiro atoms. The summed E-state index contributed by atoms with van der Waals surface area (Å²) in [4.78, 5) is 4.82. The van der Waals surface area contributed by atoms with Crippen molar-refractivity contribution >= 4 is 0 Å². The Hall–Kier alpha value is -0.790. The van der Waals surface area contributed by atoms with E-state index < -0.39 is 0 Å². The van der Waals surface area contributed by atoms with Gasteiger partial charge in [-0.1, -0.05) is 155 Å². The van der Waals surface area contributed by atoms with E-state index in [-0.39, 0.29) is 0 Å². The third-order valence-electron chi connectivity index (χ3n) is 7.93. The zero-order chi connectivity index (χ0) is 25.4. The number of hydrogen-bond acceptors (Lipinski definition) is 1. The molecule has 0 aromatic carbocycles. The van der Waals surface area contributed by atoms with Crippen LogP contribution >= 0.6 is 0 Å². The van der Waals surface area contributed by atoms with E-state index in [1.807, 2.05) is 6.20 Å². The van der Waals surface area contributed by atoms with E-state index >= 15 is 0 Å². The average molecular weight is 489 g/mol. The van der Waals surface area contributed by atoms with Crippen molar-refractivity contribution in [2.75, 3.05) is 0 Å². The third-order valence-corrected chi connectivity index (χ3v) is 7.93. The van der Waals surface area contributed by atoms with Gasteiger partial charge < -0.3 is 4.57 Å². The summed E-state index contributed by atoms with van der Waals surface area (Å²) in [5, 5.41) is 0. The molecule has 1 heterocycles. The van der Waals surface area contributed by atoms with Gasteiger partial charge in [0.25, 0.3) is 0 Å². The van der Waals surface area contributed by atoms with Gasteiger partial charge in [0.05, 0.1) is 0 Å². The van der Waals surface area contributed by atoms with Crippen LogP contribution < -0.4 is 0 Å². The van der Waals surface area contributed by atoms with E-state index in [0.717, 1.165) is 0 Å². The number of hydrogen-bond donors (Lipinski definition) is 0. The molecule has 1 unspecified atom stereocenters. The lowest BCUT2D eigenvalue weighted by atomic mass is 9.93. The number of imidazole rings is 1. The van der Waals surface area contributed by atoms with Crippen LogP contribution in [-0.4, -0.2) is 9.55 Å². The van der Waals surface area contributed by atoms with Gasteiger partial charge in [-0.15, -0.1) is 0 Å². The zero-order valence-corrected chi connectivity index (χ0v) is 24.7. The normalized spacial score (nSPS) is 12.6. The zero-order valence-electron chi connectivity index (χ0n) is 24.7. The first-order valence-electron chi connectivity index (χ1n) is 16.2. The summed E-state index contributed by atoms with van der Waals surface area (Å²) in [6, 6.07) is 0.519. The van der Waals surface area contributed by atoms with Crippen LogP contribution in [0.25, 0.3) is 0 Å². The lowest BCUT2D eigenvalue weighted by molar-refractivity contribution is 0.442. The quantitative estimate of drug-likeness (QED) is 0.118. The highest BCUT2D eigenvalue weighted by Crippen LogP contribution is 2.29. The molecular formula is C33H64N2. The maximum absolute atomic E-state index is 4.82. The molecule has 1 aromatic heterocycles. The Bertz CT molecular complexity index is 547. The number of aromatic nitrogens is 2. The van der Waals surface area contributed by atoms with Crippen LogP contribution in [0, 0.1) is 0 Å². The van der Waals surface area contributed by atoms with Crippen molar-refractivity contribution in [1.82, 2.24) is 9.55 Å². The predicted molar refractivity (Wildman–Crippen MR) is 158 cm³/mol. The van der Waals surface area contributed by atoms with Crippen molar-refractivity contribution in [3.8, 4) is 0 Å². The summed E-state index contributed by atoms with van der Waals surface area (Å²) < 4.78 is 2.42. The first kappa shape index (κ1) is 32.2. The smallest absolute Gasteiger partial charge is 0.111 e. The predicted octanol–water partition coefficient (Wildman–Crippen LogP) is 11.9. The first-order chi connectivity index (χ1) is 17.2. The Morgan fingerprint density at radius 1 is 0.543 bits per heavy atom. The monoisotopic (exact) mass is 489 g/mol. The third kappa shape index (κ3) is 17.3. The molecule has 2 heteroatoms. The van der Waals surface area contributed by atoms with Crippen molar-refractivity contribution in [3.05, 3.63) is 18.2 Å². The molecule has 206 valence electrons. The minimum Gasteiger partial charge on any atom is -0.332 e. The second-order valence-corrected chi connectivity index (χ2v) is 11.6. The minimum atomic E-state index is 0.519. The number of unbranched alkanes of at least 4 members (excludes halogenated alkanes) is 20. The largest absolute Gasteiger partial charge is 0.332 e. The van der Waals surface area contributed by atoms with Gasteiger partial charge in [0.2, 0.25) is 0 Å². The standard InChI is InChI=1S/C33H64N2/c1-5-7-9-11-13-14-15-16-17-18-19-20-21-22-24-26-28-32(27-25-23-12-10-8-6-2)33-34-29-30-35(33)31(3)4/h29-32H,5-28H2,1-4H3. The van der Waals surface area contributed by atoms with Crippen LogP contribution in [0.4, 0.5) is 0 Å². The van der Waals surface area contributed by atoms with E-state index in [1.165, 1.54) is 160 Å². The van der Waals surface area contributed by atoms with Gasteiger partial charge in [-0.2, -0.15) is 0 Å². The molecule has 35 heavy (non-hydrogen) atoms. The molecule has 1 rings (SSSR count). The van der Waals surface area contributed by atoms with Crippen molar-refractivity contribution in [2.45, 2.75) is 194 Å². The van der Waals surface area contributed by atoms with Crippen molar-refractivity contribution < 1.29 is 0 Å². The number of nitrogens with zero attached hydrogens (tertiary/aromatic N) is 2. The van der Waals surface area contributed by atoms with Gasteiger partial charge in [0, 0.05) is 24.4 Å². The van der Waals surface area contributed by atoms with Gasteiger partial charge in [-0.05, 0) is 26.7 Å². The molecule has 0 radical (unpaired) electrons. The van der Waals surface area contributed by atoms with Crippen LogP contribution in [-0.2, 0) is 0 Å². The molecule has 0 aliphatic carbocycles. The lowest BCUT2D eigenvalue weighted by Gasteiger charge is -2.20. The van der Waals surface area contributed by atoms with Gasteiger partial charge in [0.1, 0.15) is 5.82 Å². The minimum absolute atomic E-state index is 0.519. The molecule has 0 saturated carbocycles. The van der Waals surface area contributed by atoms with Crippen LogP contribution in [0.5, 0.6) is 0 Å². The van der Waals surface area contributed by atoms with Crippen molar-refractivity contribution in [1.29, 1.82) is 0 Å². The summed E-state index contributed by atoms with van der Waals surface area (Å²) in [6.07, 6.45) is 38.4. The summed E-state index contributed by atoms with van der Waals surface area (Å²) in [5.74, 6) is 2.01. The molecule has 0 saturated heterocycles. The fraction of sp³-hybridized carbons (Fsp3) is 0.909. The molecule has 0 aliphatic heterocycles. The second-order valence-electron chi connectivity index (χ2n) is 11.6. The van der Waals surface area contributed by atoms with Gasteiger partial charge in [-0.25, -0.2) is 4.98 Å². The maximum Gasteiger partial charge on any atom is 0.111 e. The van der Waals surface area contributed by atoms with Crippen LogP contribution in [0.1, 0.15) is 200 Å². The lowest BCUT2D eigenvalue weighted by Crippen LogP contribution is -2.11. The highest BCUT2D eigenvalue weighted by molar-refractivity contribution is 5.02. The molecule has 1 atom stereocenters. The SMILES string of the molecule is CCCCCCCCCCCCCCCCCCC(CCCCCCCC)c1nccn1C(C)C. The van der Waals surface area contributed by atoms with E-state index in [4.69, 9.17) is 4.98 Å². The molecule has 0 aliphatic rings. The van der Waals surface area contributed by atoms with E-state index in [0.29, 0.717) is 12.0 Å². The summed E-state index contributed by atoms with van der Waals surface area (Å²) >= 11 is 0. The Kier molecular flexibility index (Phi) is 21.7. The molecule has 0 N–H and O–H groups in total. The Morgan fingerprint density at radius 3 is 1.23 bits per heavy atom. The Morgan fingerprint density at radius 2 is 0.886 bits per heavy atom. The van der Waals surface area contributed by atoms with Crippen molar-refractivity contribution in [3.63, 3.8) is 0 Å². The molecule has 0 amide bonds. The average Bonchev–Trinajstić information content (AvgIpc) is 3.35. The highest BCUT2D eigenvalue weighted by Gasteiger charge is 2.18. The van der Waals surface area contributed by atoms with Crippen LogP contribution in [0.3, 0.4) is 0 Å². The summed E-state index contributed by atoms with van der Waals surface area (Å²) in [7, 11) is 0. The molecule has 2 nitrogen and oxygen atoms in total. The first-order valence-corrected chi connectivity index (χ1v) is 16.2. The molecule has 0 bridgehead atoms. The summed E-state index contributed by atoms with van der Waals surface area (Å²) in [5.41, 5.74) is 0. The molecular weight excluding hydrogens is 424 g/mol. The highest BCUT2D eigenvalue weighted by atomic mass is 15.1. The maximum atomic E-state index is 4.82. The molecule has 0 fully saturated rings. The fourth-order valence-electron chi connectivity index (χ4n) is 5.59. The van der Waals surface area contributed by atoms with Gasteiger partial charge in [-0.3, -0.25) is 0 Å². The van der Waals surface area contributed by atoms with Gasteiger partial charge >= 0.3 is 0 Å². The fourth-order valence-corrected chi connectivity index (χ4v) is 5.59. The second kappa shape index (κ2) is 23.6. The van der Waals surface area contributed by atoms with Gasteiger partial charge in [0.15, 0.2) is 0 Å². The van der Waals surface area contributed by atoms with Crippen LogP contribution in [0.2, 0.25) is 0 Å². The van der Waals surface area contributed by atoms with Crippen molar-refractivity contribution in [2.24, 2.45) is 0 Å². The van der Waals surface area contributed by atoms with E-state index in [1.54, 1.807) is 0 Å². The Balaban J connectivity index is 2.10. The Labute approximate surface area is 221 Å². The van der Waals surface area contributed by atoms with E-state index in [9.17, 15) is 0 Å². The topological polar surface area (TPSA) is 17.8 Å². The number of rotatable bonds is 26.